The molecule has 114 valence electrons. The SMILES string of the molecule is CNC(C)CNC(=O)c1c(C)c2ccccc2oc1=O.Cl. The molecule has 1 aromatic carbocycles. The second-order valence-corrected chi connectivity index (χ2v) is 4.79. The number of amides is 1. The Hall–Kier alpha value is -1.85. The molecular weight excluding hydrogens is 292 g/mol. The average molecular weight is 311 g/mol. The number of fused-ring (bicyclic) bond motifs is 1. The van der Waals surface area contributed by atoms with E-state index in [0.29, 0.717) is 17.7 Å². The highest BCUT2D eigenvalue weighted by Crippen LogP contribution is 2.18. The predicted octanol–water partition coefficient (Wildman–Crippen LogP) is 1.86. The standard InChI is InChI=1S/C15H18N2O3.ClH/c1-9(16-3)8-17-14(18)13-10(2)11-6-4-5-7-12(11)20-15(13)19;/h4-7,9,16H,8H2,1-3H3,(H,17,18);1H. The van der Waals surface area contributed by atoms with Gasteiger partial charge in [-0.3, -0.25) is 4.79 Å². The Bertz CT molecular complexity index is 697. The van der Waals surface area contributed by atoms with Crippen LogP contribution in [0.5, 0.6) is 0 Å². The molecule has 0 bridgehead atoms. The third kappa shape index (κ3) is 3.62. The van der Waals surface area contributed by atoms with Crippen LogP contribution in [0, 0.1) is 6.92 Å². The first-order chi connectivity index (χ1) is 9.54. The highest BCUT2D eigenvalue weighted by atomic mass is 35.5. The minimum Gasteiger partial charge on any atom is -0.422 e. The lowest BCUT2D eigenvalue weighted by Crippen LogP contribution is -2.39. The quantitative estimate of drug-likeness (QED) is 0.846. The number of halogens is 1. The predicted molar refractivity (Wildman–Crippen MR) is 85.3 cm³/mol. The molecule has 2 rings (SSSR count). The van der Waals surface area contributed by atoms with Crippen LogP contribution in [0.3, 0.4) is 0 Å². The van der Waals surface area contributed by atoms with Crippen molar-refractivity contribution in [2.45, 2.75) is 19.9 Å². The van der Waals surface area contributed by atoms with Crippen LogP contribution >= 0.6 is 12.4 Å². The summed E-state index contributed by atoms with van der Waals surface area (Å²) in [6, 6.07) is 7.32. The molecule has 21 heavy (non-hydrogen) atoms. The smallest absolute Gasteiger partial charge is 0.349 e. The van der Waals surface area contributed by atoms with Gasteiger partial charge >= 0.3 is 5.63 Å². The van der Waals surface area contributed by atoms with Gasteiger partial charge in [-0.25, -0.2) is 4.79 Å². The fraction of sp³-hybridized carbons (Fsp3) is 0.333. The largest absolute Gasteiger partial charge is 0.422 e. The first-order valence-corrected chi connectivity index (χ1v) is 6.52. The lowest BCUT2D eigenvalue weighted by Gasteiger charge is -2.12. The van der Waals surface area contributed by atoms with Crippen LogP contribution in [0.15, 0.2) is 33.5 Å². The van der Waals surface area contributed by atoms with E-state index in [1.165, 1.54) is 0 Å². The van der Waals surface area contributed by atoms with Gasteiger partial charge in [-0.05, 0) is 32.5 Å². The zero-order valence-electron chi connectivity index (χ0n) is 12.2. The van der Waals surface area contributed by atoms with Crippen LogP contribution in [-0.4, -0.2) is 25.5 Å². The number of likely N-dealkylation sites (N-methyl/N-ethyl adjacent to an activating group) is 1. The topological polar surface area (TPSA) is 71.3 Å². The minimum absolute atomic E-state index is 0. The highest BCUT2D eigenvalue weighted by Gasteiger charge is 2.18. The molecule has 0 aliphatic rings. The molecule has 0 saturated heterocycles. The van der Waals surface area contributed by atoms with Crippen molar-refractivity contribution >= 4 is 29.3 Å². The fourth-order valence-electron chi connectivity index (χ4n) is 2.00. The molecule has 0 spiro atoms. The fourth-order valence-corrected chi connectivity index (χ4v) is 2.00. The van der Waals surface area contributed by atoms with Gasteiger partial charge < -0.3 is 15.1 Å². The molecule has 0 aliphatic carbocycles. The number of benzene rings is 1. The Kier molecular flexibility index (Phi) is 5.93. The van der Waals surface area contributed by atoms with Crippen LogP contribution in [-0.2, 0) is 0 Å². The molecule has 1 atom stereocenters. The first-order valence-electron chi connectivity index (χ1n) is 6.52. The zero-order valence-corrected chi connectivity index (χ0v) is 13.0. The van der Waals surface area contributed by atoms with Gasteiger partial charge in [0.1, 0.15) is 11.1 Å². The van der Waals surface area contributed by atoms with E-state index in [-0.39, 0.29) is 24.0 Å². The third-order valence-electron chi connectivity index (χ3n) is 3.36. The van der Waals surface area contributed by atoms with E-state index in [9.17, 15) is 9.59 Å². The number of hydrogen-bond acceptors (Lipinski definition) is 4. The summed E-state index contributed by atoms with van der Waals surface area (Å²) < 4.78 is 5.20. The lowest BCUT2D eigenvalue weighted by molar-refractivity contribution is 0.0946. The maximum atomic E-state index is 12.2. The van der Waals surface area contributed by atoms with Crippen LogP contribution in [0.25, 0.3) is 11.0 Å². The lowest BCUT2D eigenvalue weighted by atomic mass is 10.1. The summed E-state index contributed by atoms with van der Waals surface area (Å²) in [5.74, 6) is -0.399. The third-order valence-corrected chi connectivity index (χ3v) is 3.36. The van der Waals surface area contributed by atoms with E-state index >= 15 is 0 Å². The molecule has 0 saturated carbocycles. The van der Waals surface area contributed by atoms with E-state index in [0.717, 1.165) is 5.39 Å². The number of nitrogens with one attached hydrogen (secondary N) is 2. The monoisotopic (exact) mass is 310 g/mol. The Morgan fingerprint density at radius 3 is 2.67 bits per heavy atom. The molecule has 6 heteroatoms. The highest BCUT2D eigenvalue weighted by molar-refractivity contribution is 5.99. The molecule has 1 amide bonds. The Labute approximate surface area is 129 Å². The van der Waals surface area contributed by atoms with Gasteiger partial charge in [-0.1, -0.05) is 18.2 Å². The first kappa shape index (κ1) is 17.2. The number of aryl methyl sites for hydroxylation is 1. The van der Waals surface area contributed by atoms with Gasteiger partial charge in [0, 0.05) is 18.0 Å². The summed E-state index contributed by atoms with van der Waals surface area (Å²) >= 11 is 0. The zero-order chi connectivity index (χ0) is 14.7. The maximum Gasteiger partial charge on any atom is 0.349 e. The summed E-state index contributed by atoms with van der Waals surface area (Å²) in [6.07, 6.45) is 0. The Morgan fingerprint density at radius 1 is 1.33 bits per heavy atom. The van der Waals surface area contributed by atoms with Gasteiger partial charge in [-0.2, -0.15) is 0 Å². The van der Waals surface area contributed by atoms with Crippen molar-refractivity contribution in [3.8, 4) is 0 Å². The van der Waals surface area contributed by atoms with Gasteiger partial charge in [0.2, 0.25) is 0 Å². The number of carbonyl (C=O) groups is 1. The van der Waals surface area contributed by atoms with E-state index in [1.807, 2.05) is 26.1 Å². The van der Waals surface area contributed by atoms with Crippen LogP contribution < -0.4 is 16.3 Å². The maximum absolute atomic E-state index is 12.2. The van der Waals surface area contributed by atoms with Gasteiger partial charge in [0.25, 0.3) is 5.91 Å². The van der Waals surface area contributed by atoms with Crippen molar-refractivity contribution in [3.63, 3.8) is 0 Å². The molecule has 2 aromatic rings. The van der Waals surface area contributed by atoms with Gasteiger partial charge in [0.15, 0.2) is 0 Å². The van der Waals surface area contributed by atoms with E-state index in [1.54, 1.807) is 19.1 Å². The average Bonchev–Trinajstić information content (AvgIpc) is 2.44. The summed E-state index contributed by atoms with van der Waals surface area (Å²) in [5, 5.41) is 6.53. The van der Waals surface area contributed by atoms with Crippen molar-refractivity contribution < 1.29 is 9.21 Å². The van der Waals surface area contributed by atoms with E-state index in [2.05, 4.69) is 10.6 Å². The second-order valence-electron chi connectivity index (χ2n) is 4.79. The molecule has 1 aromatic heterocycles. The molecule has 2 N–H and O–H groups in total. The van der Waals surface area contributed by atoms with Crippen molar-refractivity contribution in [2.24, 2.45) is 0 Å². The molecule has 0 fully saturated rings. The summed E-state index contributed by atoms with van der Waals surface area (Å²) in [7, 11) is 1.81. The van der Waals surface area contributed by atoms with E-state index < -0.39 is 11.5 Å². The molecule has 0 radical (unpaired) electrons. The summed E-state index contributed by atoms with van der Waals surface area (Å²) in [5.41, 5.74) is 0.615. The normalized spacial score (nSPS) is 11.8. The molecule has 0 aliphatic heterocycles. The molecule has 1 heterocycles. The molecule has 5 nitrogen and oxygen atoms in total. The summed E-state index contributed by atoms with van der Waals surface area (Å²) in [4.78, 5) is 24.1. The van der Waals surface area contributed by atoms with Gasteiger partial charge in [0.05, 0.1) is 0 Å². The number of carbonyl (C=O) groups excluding carboxylic acids is 1. The van der Waals surface area contributed by atoms with Crippen molar-refractivity contribution in [1.82, 2.24) is 10.6 Å². The summed E-state index contributed by atoms with van der Waals surface area (Å²) in [6.45, 7) is 4.15. The van der Waals surface area contributed by atoms with Crippen molar-refractivity contribution in [3.05, 3.63) is 45.8 Å². The Morgan fingerprint density at radius 2 is 2.00 bits per heavy atom. The van der Waals surface area contributed by atoms with E-state index in [4.69, 9.17) is 4.42 Å². The van der Waals surface area contributed by atoms with Crippen LogP contribution in [0.4, 0.5) is 0 Å². The van der Waals surface area contributed by atoms with Crippen LogP contribution in [0.1, 0.15) is 22.8 Å². The van der Waals surface area contributed by atoms with Gasteiger partial charge in [-0.15, -0.1) is 12.4 Å². The Balaban J connectivity index is 0.00000220. The molecule has 1 unspecified atom stereocenters. The number of rotatable bonds is 4. The molecular formula is C15H19ClN2O3. The minimum atomic E-state index is -0.601. The number of para-hydroxylation sites is 1. The van der Waals surface area contributed by atoms with Crippen molar-refractivity contribution in [1.29, 1.82) is 0 Å². The van der Waals surface area contributed by atoms with Crippen molar-refractivity contribution in [2.75, 3.05) is 13.6 Å². The second kappa shape index (κ2) is 7.24. The van der Waals surface area contributed by atoms with Crippen LogP contribution in [0.2, 0.25) is 0 Å². The number of hydrogen-bond donors (Lipinski definition) is 2.